The van der Waals surface area contributed by atoms with Crippen molar-refractivity contribution in [2.75, 3.05) is 0 Å². The first-order valence-electron chi connectivity index (χ1n) is 4.89. The van der Waals surface area contributed by atoms with Crippen LogP contribution in [-0.4, -0.2) is 15.3 Å². The van der Waals surface area contributed by atoms with Crippen LogP contribution in [0.2, 0.25) is 0 Å². The van der Waals surface area contributed by atoms with E-state index in [1.165, 1.54) is 12.1 Å². The number of phenols is 3. The quantitative estimate of drug-likeness (QED) is 0.526. The van der Waals surface area contributed by atoms with Crippen molar-refractivity contribution in [2.45, 2.75) is 26.2 Å². The molecule has 0 fully saturated rings. The molecule has 0 atom stereocenters. The summed E-state index contributed by atoms with van der Waals surface area (Å²) in [7, 11) is 0. The van der Waals surface area contributed by atoms with E-state index in [4.69, 9.17) is 5.11 Å². The molecule has 1 aromatic rings. The smallest absolute Gasteiger partial charge is 0.200 e. The van der Waals surface area contributed by atoms with Crippen LogP contribution in [0.1, 0.15) is 25.3 Å². The number of allylic oxidation sites excluding steroid dienone is 1. The Morgan fingerprint density at radius 3 is 2.20 bits per heavy atom. The van der Waals surface area contributed by atoms with Gasteiger partial charge in [0.2, 0.25) is 0 Å². The second kappa shape index (κ2) is 4.73. The molecule has 3 nitrogen and oxygen atoms in total. The number of phenolic OH excluding ortho intramolecular Hbond substituents is 3. The van der Waals surface area contributed by atoms with Gasteiger partial charge in [0.05, 0.1) is 0 Å². The fraction of sp³-hybridized carbons (Fsp3) is 0.333. The van der Waals surface area contributed by atoms with Gasteiger partial charge in [-0.1, -0.05) is 5.57 Å². The van der Waals surface area contributed by atoms with Gasteiger partial charge in [0, 0.05) is 0 Å². The predicted molar refractivity (Wildman–Crippen MR) is 59.2 cm³/mol. The lowest BCUT2D eigenvalue weighted by Gasteiger charge is -2.05. The Morgan fingerprint density at radius 2 is 1.73 bits per heavy atom. The molecule has 82 valence electrons. The standard InChI is InChI=1S/C12H16O3/c1-8(2)4-3-5-9-6-10(13)12(15)11(14)7-9/h6-7,13-15H,1,3-5H2,2H3. The van der Waals surface area contributed by atoms with Gasteiger partial charge < -0.3 is 15.3 Å². The van der Waals surface area contributed by atoms with Gasteiger partial charge in [-0.15, -0.1) is 6.58 Å². The maximum atomic E-state index is 9.26. The molecule has 0 aliphatic heterocycles. The highest BCUT2D eigenvalue weighted by Gasteiger charge is 2.07. The fourth-order valence-electron chi connectivity index (χ4n) is 1.40. The minimum Gasteiger partial charge on any atom is -0.504 e. The third-order valence-electron chi connectivity index (χ3n) is 2.20. The van der Waals surface area contributed by atoms with Gasteiger partial charge in [-0.25, -0.2) is 0 Å². The van der Waals surface area contributed by atoms with E-state index < -0.39 is 5.75 Å². The molecule has 15 heavy (non-hydrogen) atoms. The van der Waals surface area contributed by atoms with Gasteiger partial charge in [0.1, 0.15) is 0 Å². The van der Waals surface area contributed by atoms with Gasteiger partial charge >= 0.3 is 0 Å². The molecule has 3 N–H and O–H groups in total. The Hall–Kier alpha value is -1.64. The minimum atomic E-state index is -0.460. The van der Waals surface area contributed by atoms with Crippen molar-refractivity contribution >= 4 is 0 Å². The SMILES string of the molecule is C=C(C)CCCc1cc(O)c(O)c(O)c1. The molecular formula is C12H16O3. The number of benzene rings is 1. The fourth-order valence-corrected chi connectivity index (χ4v) is 1.40. The molecule has 0 bridgehead atoms. The Labute approximate surface area is 89.3 Å². The number of aromatic hydroxyl groups is 3. The first-order valence-corrected chi connectivity index (χ1v) is 4.89. The largest absolute Gasteiger partial charge is 0.504 e. The van der Waals surface area contributed by atoms with E-state index in [0.29, 0.717) is 0 Å². The molecule has 0 spiro atoms. The lowest BCUT2D eigenvalue weighted by molar-refractivity contribution is 0.367. The predicted octanol–water partition coefficient (Wildman–Crippen LogP) is 2.70. The lowest BCUT2D eigenvalue weighted by Crippen LogP contribution is -1.86. The molecule has 0 heterocycles. The molecule has 3 heteroatoms. The van der Waals surface area contributed by atoms with Crippen molar-refractivity contribution in [3.8, 4) is 17.2 Å². The highest BCUT2D eigenvalue weighted by molar-refractivity contribution is 5.51. The maximum Gasteiger partial charge on any atom is 0.200 e. The van der Waals surface area contributed by atoms with E-state index in [9.17, 15) is 10.2 Å². The summed E-state index contributed by atoms with van der Waals surface area (Å²) in [6, 6.07) is 2.93. The third kappa shape index (κ3) is 3.20. The molecule has 0 saturated carbocycles. The summed E-state index contributed by atoms with van der Waals surface area (Å²) in [6.07, 6.45) is 2.58. The summed E-state index contributed by atoms with van der Waals surface area (Å²) in [5, 5.41) is 27.7. The summed E-state index contributed by atoms with van der Waals surface area (Å²) in [5.74, 6) is -1.01. The number of aryl methyl sites for hydroxylation is 1. The van der Waals surface area contributed by atoms with Crippen LogP contribution in [0, 0.1) is 0 Å². The van der Waals surface area contributed by atoms with Crippen LogP contribution in [-0.2, 0) is 6.42 Å². The van der Waals surface area contributed by atoms with Crippen molar-refractivity contribution < 1.29 is 15.3 Å². The van der Waals surface area contributed by atoms with Gasteiger partial charge in [0.25, 0.3) is 0 Å². The molecule has 0 aromatic heterocycles. The summed E-state index contributed by atoms with van der Waals surface area (Å²) in [4.78, 5) is 0. The van der Waals surface area contributed by atoms with Crippen molar-refractivity contribution in [3.05, 3.63) is 29.8 Å². The van der Waals surface area contributed by atoms with Gasteiger partial charge in [-0.05, 0) is 43.9 Å². The Bertz CT molecular complexity index is 346. The van der Waals surface area contributed by atoms with E-state index in [2.05, 4.69) is 6.58 Å². The molecule has 0 saturated heterocycles. The van der Waals surface area contributed by atoms with Crippen molar-refractivity contribution in [2.24, 2.45) is 0 Å². The van der Waals surface area contributed by atoms with E-state index in [-0.39, 0.29) is 11.5 Å². The first kappa shape index (κ1) is 11.4. The molecule has 0 unspecified atom stereocenters. The Balaban J connectivity index is 2.66. The van der Waals surface area contributed by atoms with Gasteiger partial charge in [0.15, 0.2) is 17.2 Å². The molecule has 1 rings (SSSR count). The van der Waals surface area contributed by atoms with Crippen LogP contribution in [0.15, 0.2) is 24.3 Å². The average Bonchev–Trinajstić information content (AvgIpc) is 2.13. The summed E-state index contributed by atoms with van der Waals surface area (Å²) >= 11 is 0. The van der Waals surface area contributed by atoms with Gasteiger partial charge in [-0.3, -0.25) is 0 Å². The topological polar surface area (TPSA) is 60.7 Å². The second-order valence-corrected chi connectivity index (χ2v) is 3.79. The van der Waals surface area contributed by atoms with Crippen molar-refractivity contribution in [1.82, 2.24) is 0 Å². The zero-order valence-electron chi connectivity index (χ0n) is 8.82. The maximum absolute atomic E-state index is 9.26. The van der Waals surface area contributed by atoms with Crippen molar-refractivity contribution in [3.63, 3.8) is 0 Å². The van der Waals surface area contributed by atoms with E-state index >= 15 is 0 Å². The monoisotopic (exact) mass is 208 g/mol. The van der Waals surface area contributed by atoms with Crippen LogP contribution in [0.5, 0.6) is 17.2 Å². The van der Waals surface area contributed by atoms with Gasteiger partial charge in [-0.2, -0.15) is 0 Å². The first-order chi connectivity index (χ1) is 7.00. The van der Waals surface area contributed by atoms with Crippen LogP contribution in [0.25, 0.3) is 0 Å². The summed E-state index contributed by atoms with van der Waals surface area (Å²) in [6.45, 7) is 5.76. The zero-order chi connectivity index (χ0) is 11.4. The number of hydrogen-bond acceptors (Lipinski definition) is 3. The molecule has 0 aliphatic rings. The molecule has 1 aromatic carbocycles. The normalized spacial score (nSPS) is 10.2. The van der Waals surface area contributed by atoms with E-state index in [1.807, 2.05) is 6.92 Å². The lowest BCUT2D eigenvalue weighted by atomic mass is 10.0. The van der Waals surface area contributed by atoms with Crippen LogP contribution < -0.4 is 0 Å². The van der Waals surface area contributed by atoms with Crippen LogP contribution in [0.3, 0.4) is 0 Å². The number of hydrogen-bond donors (Lipinski definition) is 3. The highest BCUT2D eigenvalue weighted by Crippen LogP contribution is 2.35. The number of rotatable bonds is 4. The van der Waals surface area contributed by atoms with E-state index in [1.54, 1.807) is 0 Å². The Kier molecular flexibility index (Phi) is 3.61. The summed E-state index contributed by atoms with van der Waals surface area (Å²) in [5.41, 5.74) is 1.92. The molecule has 0 aliphatic carbocycles. The minimum absolute atomic E-state index is 0.277. The molecule has 0 amide bonds. The van der Waals surface area contributed by atoms with Crippen molar-refractivity contribution in [1.29, 1.82) is 0 Å². The third-order valence-corrected chi connectivity index (χ3v) is 2.20. The van der Waals surface area contributed by atoms with E-state index in [0.717, 1.165) is 30.4 Å². The summed E-state index contributed by atoms with van der Waals surface area (Å²) < 4.78 is 0. The highest BCUT2D eigenvalue weighted by atomic mass is 16.3. The zero-order valence-corrected chi connectivity index (χ0v) is 8.82. The molecule has 0 radical (unpaired) electrons. The van der Waals surface area contributed by atoms with Crippen LogP contribution in [0.4, 0.5) is 0 Å². The second-order valence-electron chi connectivity index (χ2n) is 3.79. The average molecular weight is 208 g/mol. The van der Waals surface area contributed by atoms with Crippen LogP contribution >= 0.6 is 0 Å². The Morgan fingerprint density at radius 1 is 1.20 bits per heavy atom. The molecular weight excluding hydrogens is 192 g/mol.